The standard InChI is InChI=1S/C15H25NO/c1-12-9-16(10-13(2)15(12)17)11-14-7-5-3-4-6-8-14/h3,5,7,12-13,15,17H,4,6,8-11H2,1-2H3. The maximum absolute atomic E-state index is 9.96. The van der Waals surface area contributed by atoms with E-state index in [0.717, 1.165) is 19.6 Å². The van der Waals surface area contributed by atoms with Crippen LogP contribution in [0.3, 0.4) is 0 Å². The molecule has 2 nitrogen and oxygen atoms in total. The van der Waals surface area contributed by atoms with Gasteiger partial charge < -0.3 is 5.11 Å². The number of likely N-dealkylation sites (tertiary alicyclic amines) is 1. The van der Waals surface area contributed by atoms with Crippen molar-refractivity contribution in [2.75, 3.05) is 19.6 Å². The lowest BCUT2D eigenvalue weighted by Crippen LogP contribution is -2.47. The van der Waals surface area contributed by atoms with Crippen molar-refractivity contribution in [3.8, 4) is 0 Å². The van der Waals surface area contributed by atoms with Gasteiger partial charge in [-0.2, -0.15) is 0 Å². The van der Waals surface area contributed by atoms with Crippen molar-refractivity contribution in [3.05, 3.63) is 23.8 Å². The summed E-state index contributed by atoms with van der Waals surface area (Å²) in [6.07, 6.45) is 10.4. The van der Waals surface area contributed by atoms with Gasteiger partial charge in [0, 0.05) is 19.6 Å². The van der Waals surface area contributed by atoms with Gasteiger partial charge in [0.05, 0.1) is 6.10 Å². The highest BCUT2D eigenvalue weighted by Gasteiger charge is 2.30. The summed E-state index contributed by atoms with van der Waals surface area (Å²) < 4.78 is 0. The molecule has 17 heavy (non-hydrogen) atoms. The van der Waals surface area contributed by atoms with Crippen molar-refractivity contribution in [2.24, 2.45) is 11.8 Å². The van der Waals surface area contributed by atoms with E-state index in [1.807, 2.05) is 0 Å². The van der Waals surface area contributed by atoms with Crippen LogP contribution in [-0.2, 0) is 0 Å². The Morgan fingerprint density at radius 3 is 2.71 bits per heavy atom. The number of rotatable bonds is 2. The molecule has 1 heterocycles. The summed E-state index contributed by atoms with van der Waals surface area (Å²) in [7, 11) is 0. The Morgan fingerprint density at radius 1 is 1.29 bits per heavy atom. The first-order valence-electron chi connectivity index (χ1n) is 6.92. The van der Waals surface area contributed by atoms with Crippen LogP contribution in [0.5, 0.6) is 0 Å². The molecule has 1 fully saturated rings. The van der Waals surface area contributed by atoms with Gasteiger partial charge in [-0.3, -0.25) is 4.90 Å². The number of aliphatic hydroxyl groups excluding tert-OH is 1. The molecule has 2 unspecified atom stereocenters. The van der Waals surface area contributed by atoms with Gasteiger partial charge in [0.15, 0.2) is 0 Å². The number of hydrogen-bond donors (Lipinski definition) is 1. The largest absolute Gasteiger partial charge is 0.392 e. The molecule has 1 aliphatic heterocycles. The third kappa shape index (κ3) is 3.43. The summed E-state index contributed by atoms with van der Waals surface area (Å²) in [5.74, 6) is 0.807. The molecule has 1 saturated heterocycles. The molecule has 96 valence electrons. The van der Waals surface area contributed by atoms with Crippen LogP contribution in [-0.4, -0.2) is 35.7 Å². The minimum Gasteiger partial charge on any atom is -0.392 e. The van der Waals surface area contributed by atoms with Crippen LogP contribution in [0.4, 0.5) is 0 Å². The summed E-state index contributed by atoms with van der Waals surface area (Å²) in [5, 5.41) is 9.96. The van der Waals surface area contributed by atoms with Crippen molar-refractivity contribution in [2.45, 2.75) is 39.2 Å². The molecular formula is C15H25NO. The van der Waals surface area contributed by atoms with Crippen LogP contribution < -0.4 is 0 Å². The highest BCUT2D eigenvalue weighted by Crippen LogP contribution is 2.23. The summed E-state index contributed by atoms with van der Waals surface area (Å²) >= 11 is 0. The third-order valence-electron chi connectivity index (χ3n) is 4.02. The molecule has 0 bridgehead atoms. The van der Waals surface area contributed by atoms with Gasteiger partial charge in [0.2, 0.25) is 0 Å². The summed E-state index contributed by atoms with van der Waals surface area (Å²) in [5.41, 5.74) is 1.55. The van der Waals surface area contributed by atoms with Gasteiger partial charge in [-0.1, -0.05) is 37.6 Å². The van der Waals surface area contributed by atoms with Gasteiger partial charge in [0.25, 0.3) is 0 Å². The Hall–Kier alpha value is -0.600. The molecule has 2 atom stereocenters. The lowest BCUT2D eigenvalue weighted by Gasteiger charge is -2.39. The fourth-order valence-electron chi connectivity index (χ4n) is 3.04. The van der Waals surface area contributed by atoms with Crippen molar-refractivity contribution in [1.29, 1.82) is 0 Å². The Morgan fingerprint density at radius 2 is 2.00 bits per heavy atom. The minimum atomic E-state index is -0.116. The summed E-state index contributed by atoms with van der Waals surface area (Å²) in [6, 6.07) is 0. The van der Waals surface area contributed by atoms with E-state index < -0.39 is 0 Å². The third-order valence-corrected chi connectivity index (χ3v) is 4.02. The molecule has 2 aliphatic rings. The quantitative estimate of drug-likeness (QED) is 0.795. The Balaban J connectivity index is 1.91. The number of nitrogens with zero attached hydrogens (tertiary/aromatic N) is 1. The highest BCUT2D eigenvalue weighted by atomic mass is 16.3. The molecule has 0 aromatic carbocycles. The van der Waals surface area contributed by atoms with Crippen LogP contribution >= 0.6 is 0 Å². The van der Waals surface area contributed by atoms with Gasteiger partial charge in [-0.15, -0.1) is 0 Å². The second-order valence-corrected chi connectivity index (χ2v) is 5.78. The van der Waals surface area contributed by atoms with E-state index in [-0.39, 0.29) is 6.10 Å². The summed E-state index contributed by atoms with van der Waals surface area (Å²) in [6.45, 7) is 7.48. The summed E-state index contributed by atoms with van der Waals surface area (Å²) in [4.78, 5) is 2.51. The molecular weight excluding hydrogens is 210 g/mol. The van der Waals surface area contributed by atoms with Crippen LogP contribution in [0.15, 0.2) is 23.8 Å². The predicted molar refractivity (Wildman–Crippen MR) is 71.8 cm³/mol. The van der Waals surface area contributed by atoms with Gasteiger partial charge in [0.1, 0.15) is 0 Å². The molecule has 0 spiro atoms. The first-order valence-corrected chi connectivity index (χ1v) is 6.92. The minimum absolute atomic E-state index is 0.116. The second-order valence-electron chi connectivity index (χ2n) is 5.78. The smallest absolute Gasteiger partial charge is 0.0615 e. The average Bonchev–Trinajstić information content (AvgIpc) is 2.54. The number of piperidine rings is 1. The van der Waals surface area contributed by atoms with Crippen LogP contribution in [0.1, 0.15) is 33.1 Å². The molecule has 2 heteroatoms. The molecule has 1 N–H and O–H groups in total. The van der Waals surface area contributed by atoms with Crippen LogP contribution in [0.25, 0.3) is 0 Å². The average molecular weight is 235 g/mol. The molecule has 0 aromatic heterocycles. The van der Waals surface area contributed by atoms with E-state index in [0.29, 0.717) is 11.8 Å². The fourth-order valence-corrected chi connectivity index (χ4v) is 3.04. The van der Waals surface area contributed by atoms with E-state index in [4.69, 9.17) is 0 Å². The van der Waals surface area contributed by atoms with E-state index in [1.165, 1.54) is 19.3 Å². The van der Waals surface area contributed by atoms with E-state index >= 15 is 0 Å². The number of hydrogen-bond acceptors (Lipinski definition) is 2. The molecule has 1 aliphatic carbocycles. The van der Waals surface area contributed by atoms with E-state index in [2.05, 4.69) is 37.0 Å². The maximum Gasteiger partial charge on any atom is 0.0615 e. The monoisotopic (exact) mass is 235 g/mol. The molecule has 0 amide bonds. The normalized spacial score (nSPS) is 35.5. The topological polar surface area (TPSA) is 23.5 Å². The Bertz CT molecular complexity index is 296. The first kappa shape index (κ1) is 12.8. The number of aliphatic hydroxyl groups is 1. The fraction of sp³-hybridized carbons (Fsp3) is 0.733. The second kappa shape index (κ2) is 5.83. The van der Waals surface area contributed by atoms with Crippen molar-refractivity contribution >= 4 is 0 Å². The lowest BCUT2D eigenvalue weighted by atomic mass is 9.88. The molecule has 0 aromatic rings. The van der Waals surface area contributed by atoms with Crippen molar-refractivity contribution < 1.29 is 5.11 Å². The molecule has 0 saturated carbocycles. The van der Waals surface area contributed by atoms with Crippen LogP contribution in [0.2, 0.25) is 0 Å². The first-order chi connectivity index (χ1) is 8.16. The van der Waals surface area contributed by atoms with Gasteiger partial charge in [-0.05, 0) is 31.1 Å². The zero-order chi connectivity index (χ0) is 12.3. The van der Waals surface area contributed by atoms with Crippen molar-refractivity contribution in [1.82, 2.24) is 4.90 Å². The van der Waals surface area contributed by atoms with E-state index in [1.54, 1.807) is 5.57 Å². The molecule has 2 rings (SSSR count). The van der Waals surface area contributed by atoms with E-state index in [9.17, 15) is 5.11 Å². The zero-order valence-electron chi connectivity index (χ0n) is 11.1. The van der Waals surface area contributed by atoms with Crippen molar-refractivity contribution in [3.63, 3.8) is 0 Å². The SMILES string of the molecule is CC1CN(CC2=CC=CCCC2)CC(C)C1O. The maximum atomic E-state index is 9.96. The van der Waals surface area contributed by atoms with Gasteiger partial charge >= 0.3 is 0 Å². The van der Waals surface area contributed by atoms with Gasteiger partial charge in [-0.25, -0.2) is 0 Å². The lowest BCUT2D eigenvalue weighted by molar-refractivity contribution is -0.00495. The number of allylic oxidation sites excluding steroid dienone is 3. The zero-order valence-corrected chi connectivity index (χ0v) is 11.1. The van der Waals surface area contributed by atoms with Crippen LogP contribution in [0, 0.1) is 11.8 Å². The Kier molecular flexibility index (Phi) is 4.41. The molecule has 0 radical (unpaired) electrons. The predicted octanol–water partition coefficient (Wildman–Crippen LogP) is 2.60. The highest BCUT2D eigenvalue weighted by molar-refractivity contribution is 5.16. The Labute approximate surface area is 105 Å².